The van der Waals surface area contributed by atoms with Crippen molar-refractivity contribution in [2.75, 3.05) is 6.61 Å². The molecule has 1 aromatic rings. The van der Waals surface area contributed by atoms with Crippen LogP contribution in [0.1, 0.15) is 31.7 Å². The molecule has 0 saturated carbocycles. The van der Waals surface area contributed by atoms with Gasteiger partial charge in [0.15, 0.2) is 0 Å². The van der Waals surface area contributed by atoms with Gasteiger partial charge in [-0.05, 0) is 31.4 Å². The van der Waals surface area contributed by atoms with Crippen LogP contribution in [0.3, 0.4) is 0 Å². The minimum absolute atomic E-state index is 0.162. The van der Waals surface area contributed by atoms with Crippen molar-refractivity contribution in [3.8, 4) is 0 Å². The first kappa shape index (κ1) is 14.9. The Bertz CT molecular complexity index is 504. The van der Waals surface area contributed by atoms with E-state index in [1.807, 2.05) is 0 Å². The molecule has 0 bridgehead atoms. The summed E-state index contributed by atoms with van der Waals surface area (Å²) in [5, 5.41) is 0. The van der Waals surface area contributed by atoms with E-state index in [2.05, 4.69) is 13.5 Å². The van der Waals surface area contributed by atoms with Crippen molar-refractivity contribution < 1.29 is 12.6 Å². The van der Waals surface area contributed by atoms with E-state index in [1.54, 1.807) is 31.2 Å². The Hall–Kier alpha value is -1.13. The van der Waals surface area contributed by atoms with Crippen LogP contribution >= 0.6 is 0 Å². The van der Waals surface area contributed by atoms with E-state index in [4.69, 9.17) is 4.18 Å². The maximum absolute atomic E-state index is 11.9. The van der Waals surface area contributed by atoms with Crippen molar-refractivity contribution in [3.05, 3.63) is 42.0 Å². The summed E-state index contributed by atoms with van der Waals surface area (Å²) in [4.78, 5) is 0.242. The first-order valence-corrected chi connectivity index (χ1v) is 7.50. The van der Waals surface area contributed by atoms with Crippen LogP contribution in [0.2, 0.25) is 0 Å². The Balaban J connectivity index is 2.61. The van der Waals surface area contributed by atoms with E-state index < -0.39 is 10.1 Å². The highest BCUT2D eigenvalue weighted by Crippen LogP contribution is 2.17. The van der Waals surface area contributed by atoms with Crippen LogP contribution in [0.5, 0.6) is 0 Å². The lowest BCUT2D eigenvalue weighted by Gasteiger charge is -2.08. The third-order valence-corrected chi connectivity index (χ3v) is 4.13. The molecular formula is C14H20O3S. The molecule has 0 N–H and O–H groups in total. The van der Waals surface area contributed by atoms with Gasteiger partial charge in [0.25, 0.3) is 10.1 Å². The first-order valence-electron chi connectivity index (χ1n) is 6.09. The number of hydrogen-bond donors (Lipinski definition) is 0. The van der Waals surface area contributed by atoms with Gasteiger partial charge in [-0.1, -0.05) is 43.7 Å². The van der Waals surface area contributed by atoms with Gasteiger partial charge in [-0.25, -0.2) is 0 Å². The molecule has 0 fully saturated rings. The highest BCUT2D eigenvalue weighted by atomic mass is 32.2. The normalized spacial score (nSPS) is 11.4. The SMILES string of the molecule is C=C(CCC)CCOS(=O)(=O)c1ccccc1C. The third-order valence-electron chi connectivity index (χ3n) is 2.66. The molecule has 100 valence electrons. The average Bonchev–Trinajstić information content (AvgIpc) is 2.29. The van der Waals surface area contributed by atoms with Gasteiger partial charge in [0.05, 0.1) is 11.5 Å². The second-order valence-electron chi connectivity index (χ2n) is 4.29. The molecule has 0 aliphatic rings. The Morgan fingerprint density at radius 3 is 2.56 bits per heavy atom. The van der Waals surface area contributed by atoms with Gasteiger partial charge in [0, 0.05) is 0 Å². The molecule has 4 heteroatoms. The lowest BCUT2D eigenvalue weighted by Crippen LogP contribution is -2.09. The predicted octanol–water partition coefficient (Wildman–Crippen LogP) is 3.45. The Labute approximate surface area is 110 Å². The topological polar surface area (TPSA) is 43.4 Å². The zero-order chi connectivity index (χ0) is 13.6. The standard InChI is InChI=1S/C14H20O3S/c1-4-7-12(2)10-11-17-18(15,16)14-9-6-5-8-13(14)3/h5-6,8-9H,2,4,7,10-11H2,1,3H3. The summed E-state index contributed by atoms with van der Waals surface area (Å²) in [5.74, 6) is 0. The summed E-state index contributed by atoms with van der Waals surface area (Å²) < 4.78 is 28.9. The van der Waals surface area contributed by atoms with Crippen LogP contribution in [0.15, 0.2) is 41.3 Å². The molecule has 0 saturated heterocycles. The fraction of sp³-hybridized carbons (Fsp3) is 0.429. The van der Waals surface area contributed by atoms with Gasteiger partial charge in [0.2, 0.25) is 0 Å². The second kappa shape index (κ2) is 6.71. The van der Waals surface area contributed by atoms with E-state index in [0.717, 1.165) is 18.4 Å². The monoisotopic (exact) mass is 268 g/mol. The maximum Gasteiger partial charge on any atom is 0.297 e. The number of aryl methyl sites for hydroxylation is 1. The fourth-order valence-corrected chi connectivity index (χ4v) is 2.81. The van der Waals surface area contributed by atoms with Crippen LogP contribution < -0.4 is 0 Å². The van der Waals surface area contributed by atoms with E-state index in [0.29, 0.717) is 12.0 Å². The molecule has 0 heterocycles. The van der Waals surface area contributed by atoms with Crippen molar-refractivity contribution in [3.63, 3.8) is 0 Å². The van der Waals surface area contributed by atoms with Crippen LogP contribution in [0.25, 0.3) is 0 Å². The number of rotatable bonds is 7. The largest absolute Gasteiger partial charge is 0.297 e. The smallest absolute Gasteiger partial charge is 0.266 e. The number of hydrogen-bond acceptors (Lipinski definition) is 3. The quantitative estimate of drug-likeness (QED) is 0.562. The van der Waals surface area contributed by atoms with E-state index in [1.165, 1.54) is 0 Å². The summed E-state index contributed by atoms with van der Waals surface area (Å²) >= 11 is 0. The minimum atomic E-state index is -3.64. The lowest BCUT2D eigenvalue weighted by atomic mass is 10.1. The molecule has 3 nitrogen and oxygen atoms in total. The summed E-state index contributed by atoms with van der Waals surface area (Å²) in [5.41, 5.74) is 1.72. The molecule has 0 amide bonds. The minimum Gasteiger partial charge on any atom is -0.266 e. The average molecular weight is 268 g/mol. The van der Waals surface area contributed by atoms with Crippen molar-refractivity contribution in [2.45, 2.75) is 38.0 Å². The van der Waals surface area contributed by atoms with E-state index >= 15 is 0 Å². The van der Waals surface area contributed by atoms with Crippen LogP contribution in [-0.4, -0.2) is 15.0 Å². The summed E-state index contributed by atoms with van der Waals surface area (Å²) in [6.45, 7) is 7.86. The van der Waals surface area contributed by atoms with Gasteiger partial charge >= 0.3 is 0 Å². The highest BCUT2D eigenvalue weighted by molar-refractivity contribution is 7.86. The van der Waals surface area contributed by atoms with Gasteiger partial charge in [-0.3, -0.25) is 4.18 Å². The molecule has 0 aliphatic heterocycles. The van der Waals surface area contributed by atoms with Crippen molar-refractivity contribution in [1.82, 2.24) is 0 Å². The maximum atomic E-state index is 11.9. The molecule has 0 unspecified atom stereocenters. The van der Waals surface area contributed by atoms with Gasteiger partial charge in [0.1, 0.15) is 0 Å². The molecule has 1 rings (SSSR count). The Kier molecular flexibility index (Phi) is 5.56. The third kappa shape index (κ3) is 4.27. The van der Waals surface area contributed by atoms with Gasteiger partial charge in [-0.2, -0.15) is 8.42 Å². The Morgan fingerprint density at radius 1 is 1.28 bits per heavy atom. The molecule has 1 aromatic carbocycles. The van der Waals surface area contributed by atoms with Crippen molar-refractivity contribution in [2.24, 2.45) is 0 Å². The van der Waals surface area contributed by atoms with Crippen molar-refractivity contribution >= 4 is 10.1 Å². The zero-order valence-corrected chi connectivity index (χ0v) is 11.8. The number of benzene rings is 1. The zero-order valence-electron chi connectivity index (χ0n) is 11.0. The summed E-state index contributed by atoms with van der Waals surface area (Å²) in [6, 6.07) is 6.81. The highest BCUT2D eigenvalue weighted by Gasteiger charge is 2.16. The predicted molar refractivity (Wildman–Crippen MR) is 73.0 cm³/mol. The van der Waals surface area contributed by atoms with Gasteiger partial charge in [-0.15, -0.1) is 0 Å². The van der Waals surface area contributed by atoms with E-state index in [-0.39, 0.29) is 11.5 Å². The Morgan fingerprint density at radius 2 is 1.94 bits per heavy atom. The van der Waals surface area contributed by atoms with Crippen LogP contribution in [0, 0.1) is 6.92 Å². The molecule has 0 aliphatic carbocycles. The molecule has 0 radical (unpaired) electrons. The van der Waals surface area contributed by atoms with Gasteiger partial charge < -0.3 is 0 Å². The van der Waals surface area contributed by atoms with E-state index in [9.17, 15) is 8.42 Å². The molecule has 18 heavy (non-hydrogen) atoms. The fourth-order valence-electron chi connectivity index (χ4n) is 1.67. The molecule has 0 aromatic heterocycles. The molecule has 0 atom stereocenters. The second-order valence-corrected chi connectivity index (χ2v) is 5.88. The molecular weight excluding hydrogens is 248 g/mol. The molecule has 0 spiro atoms. The summed E-state index contributed by atoms with van der Waals surface area (Å²) in [7, 11) is -3.64. The first-order chi connectivity index (χ1) is 8.47. The lowest BCUT2D eigenvalue weighted by molar-refractivity contribution is 0.320. The van der Waals surface area contributed by atoms with Crippen LogP contribution in [0.4, 0.5) is 0 Å². The summed E-state index contributed by atoms with van der Waals surface area (Å²) in [6.07, 6.45) is 2.51. The van der Waals surface area contributed by atoms with Crippen LogP contribution in [-0.2, 0) is 14.3 Å². The van der Waals surface area contributed by atoms with Crippen molar-refractivity contribution in [1.29, 1.82) is 0 Å².